The largest absolute Gasteiger partial charge is 0.347 e. The molecule has 4 heteroatoms. The number of hydrogen-bond acceptors (Lipinski definition) is 4. The van der Waals surface area contributed by atoms with Crippen molar-refractivity contribution in [2.45, 2.75) is 50.9 Å². The fourth-order valence-electron chi connectivity index (χ4n) is 1.72. The van der Waals surface area contributed by atoms with Crippen molar-refractivity contribution in [3.05, 3.63) is 12.4 Å². The van der Waals surface area contributed by atoms with Gasteiger partial charge in [-0.05, 0) is 6.42 Å². The van der Waals surface area contributed by atoms with Crippen molar-refractivity contribution in [3.63, 3.8) is 0 Å². The van der Waals surface area contributed by atoms with Gasteiger partial charge in [0.05, 0.1) is 0 Å². The Morgan fingerprint density at radius 2 is 1.73 bits per heavy atom. The topological polar surface area (TPSA) is 6.48 Å². The summed E-state index contributed by atoms with van der Waals surface area (Å²) in [6, 6.07) is 0. The molecule has 1 rings (SSSR count). The molecule has 0 aromatic heterocycles. The van der Waals surface area contributed by atoms with E-state index >= 15 is 0 Å². The predicted octanol–water partition coefficient (Wildman–Crippen LogP) is 3.49. The summed E-state index contributed by atoms with van der Waals surface area (Å²) in [6.07, 6.45) is 12.1. The fourth-order valence-corrected chi connectivity index (χ4v) is 2.19. The minimum absolute atomic E-state index is 0.115. The van der Waals surface area contributed by atoms with E-state index in [0.29, 0.717) is 0 Å². The molecule has 2 nitrogen and oxygen atoms in total. The Labute approximate surface area is 105 Å². The number of unbranched alkanes of at least 4 members (excludes halogenated alkanes) is 5. The lowest BCUT2D eigenvalue weighted by molar-refractivity contribution is 0.308. The van der Waals surface area contributed by atoms with E-state index < -0.39 is 0 Å². The normalized spacial score (nSPS) is 20.3. The van der Waals surface area contributed by atoms with Crippen LogP contribution in [0, 0.1) is 0 Å². The van der Waals surface area contributed by atoms with Crippen molar-refractivity contribution in [2.75, 3.05) is 6.54 Å². The molecule has 15 heavy (non-hydrogen) atoms. The zero-order valence-corrected chi connectivity index (χ0v) is 11.3. The molecular weight excluding hydrogens is 224 g/mol. The first-order valence-corrected chi connectivity index (χ1v) is 6.76. The van der Waals surface area contributed by atoms with Crippen LogP contribution in [0.25, 0.3) is 0 Å². The lowest BCUT2D eigenvalue weighted by Crippen LogP contribution is -2.29. The predicted molar refractivity (Wildman–Crippen MR) is 72.8 cm³/mol. The Kier molecular flexibility index (Phi) is 6.41. The van der Waals surface area contributed by atoms with Gasteiger partial charge in [-0.2, -0.15) is 0 Å². The van der Waals surface area contributed by atoms with E-state index in [4.69, 9.17) is 0 Å². The highest BCUT2D eigenvalue weighted by Crippen LogP contribution is 2.21. The van der Waals surface area contributed by atoms with Gasteiger partial charge in [-0.15, -0.1) is 12.6 Å². The van der Waals surface area contributed by atoms with E-state index in [9.17, 15) is 0 Å². The van der Waals surface area contributed by atoms with E-state index in [2.05, 4.69) is 43.5 Å². The Bertz CT molecular complexity index is 197. The first kappa shape index (κ1) is 13.1. The van der Waals surface area contributed by atoms with E-state index in [-0.39, 0.29) is 5.50 Å². The molecule has 0 N–H and O–H groups in total. The first-order chi connectivity index (χ1) is 7.25. The average Bonchev–Trinajstić information content (AvgIpc) is 2.54. The van der Waals surface area contributed by atoms with Crippen molar-refractivity contribution in [2.24, 2.45) is 0 Å². The molecule has 0 radical (unpaired) electrons. The number of rotatable bonds is 7. The Balaban J connectivity index is 1.99. The fraction of sp³-hybridized carbons (Fsp3) is 0.818. The summed E-state index contributed by atoms with van der Waals surface area (Å²) in [6.45, 7) is 3.34. The smallest absolute Gasteiger partial charge is 0.156 e. The highest BCUT2D eigenvalue weighted by molar-refractivity contribution is 7.83. The van der Waals surface area contributed by atoms with Crippen LogP contribution in [0.2, 0.25) is 0 Å². The maximum Gasteiger partial charge on any atom is 0.156 e. The molecule has 0 bridgehead atoms. The lowest BCUT2D eigenvalue weighted by atomic mass is 10.1. The summed E-state index contributed by atoms with van der Waals surface area (Å²) >= 11 is 8.72. The molecule has 1 heterocycles. The second-order valence-corrected chi connectivity index (χ2v) is 4.95. The summed E-state index contributed by atoms with van der Waals surface area (Å²) in [7, 11) is 0. The molecule has 1 aliphatic heterocycles. The zero-order chi connectivity index (χ0) is 11.1. The molecule has 1 aliphatic rings. The van der Waals surface area contributed by atoms with Gasteiger partial charge in [0, 0.05) is 18.9 Å². The molecule has 88 valence electrons. The highest BCUT2D eigenvalue weighted by atomic mass is 32.1. The summed E-state index contributed by atoms with van der Waals surface area (Å²) in [4.78, 5) is 2.22. The van der Waals surface area contributed by atoms with Crippen molar-refractivity contribution in [3.8, 4) is 0 Å². The van der Waals surface area contributed by atoms with Crippen LogP contribution in [0.3, 0.4) is 0 Å². The molecule has 1 unspecified atom stereocenters. The van der Waals surface area contributed by atoms with Crippen LogP contribution in [-0.4, -0.2) is 21.2 Å². The summed E-state index contributed by atoms with van der Waals surface area (Å²) < 4.78 is 1.82. The highest BCUT2D eigenvalue weighted by Gasteiger charge is 2.19. The molecule has 0 aliphatic carbocycles. The van der Waals surface area contributed by atoms with Crippen molar-refractivity contribution < 1.29 is 0 Å². The van der Waals surface area contributed by atoms with Gasteiger partial charge in [0.25, 0.3) is 0 Å². The van der Waals surface area contributed by atoms with Gasteiger partial charge in [0.2, 0.25) is 0 Å². The van der Waals surface area contributed by atoms with Gasteiger partial charge < -0.3 is 4.90 Å². The number of hydrogen-bond donors (Lipinski definition) is 2. The molecular formula is C11H22N2S2. The van der Waals surface area contributed by atoms with E-state index in [1.165, 1.54) is 38.5 Å². The van der Waals surface area contributed by atoms with Gasteiger partial charge in [0.15, 0.2) is 5.50 Å². The van der Waals surface area contributed by atoms with E-state index in [1.54, 1.807) is 0 Å². The zero-order valence-electron chi connectivity index (χ0n) is 9.47. The summed E-state index contributed by atoms with van der Waals surface area (Å²) in [5.74, 6) is 0. The Morgan fingerprint density at radius 3 is 2.33 bits per heavy atom. The SMILES string of the molecule is CCCCCCCCN1C=CN(S)C1S. The molecule has 1 atom stereocenters. The maximum absolute atomic E-state index is 4.45. The Hall–Kier alpha value is 0.0400. The Morgan fingerprint density at radius 1 is 1.07 bits per heavy atom. The van der Waals surface area contributed by atoms with E-state index in [1.807, 2.05) is 10.5 Å². The maximum atomic E-state index is 4.45. The minimum Gasteiger partial charge on any atom is -0.347 e. The van der Waals surface area contributed by atoms with Crippen LogP contribution in [0.4, 0.5) is 0 Å². The van der Waals surface area contributed by atoms with Gasteiger partial charge in [0.1, 0.15) is 0 Å². The van der Waals surface area contributed by atoms with Crippen LogP contribution in [0.1, 0.15) is 45.4 Å². The molecule has 0 aromatic carbocycles. The molecule has 0 spiro atoms. The van der Waals surface area contributed by atoms with Gasteiger partial charge in [-0.1, -0.05) is 51.8 Å². The number of thiol groups is 2. The minimum atomic E-state index is 0.115. The quantitative estimate of drug-likeness (QED) is 0.524. The van der Waals surface area contributed by atoms with Crippen molar-refractivity contribution in [1.82, 2.24) is 9.21 Å². The molecule has 0 saturated carbocycles. The second kappa shape index (κ2) is 7.34. The lowest BCUT2D eigenvalue weighted by Gasteiger charge is -2.24. The van der Waals surface area contributed by atoms with Crippen molar-refractivity contribution >= 4 is 25.4 Å². The second-order valence-electron chi connectivity index (χ2n) is 4.03. The number of nitrogens with zero attached hydrogens (tertiary/aromatic N) is 2. The third-order valence-corrected chi connectivity index (χ3v) is 3.79. The van der Waals surface area contributed by atoms with Gasteiger partial charge in [-0.3, -0.25) is 4.31 Å². The van der Waals surface area contributed by atoms with Crippen LogP contribution < -0.4 is 0 Å². The summed E-state index contributed by atoms with van der Waals surface area (Å²) in [5, 5.41) is 0. The van der Waals surface area contributed by atoms with E-state index in [0.717, 1.165) is 6.54 Å². The third-order valence-electron chi connectivity index (χ3n) is 2.71. The molecule has 0 aromatic rings. The first-order valence-electron chi connectivity index (χ1n) is 5.85. The van der Waals surface area contributed by atoms with Gasteiger partial charge >= 0.3 is 0 Å². The molecule has 0 fully saturated rings. The molecule has 0 saturated heterocycles. The standard InChI is InChI=1S/C11H22N2S2/c1-2-3-4-5-6-7-8-12-9-10-13(15)11(12)14/h9-11,14-15H,2-8H2,1H3. The molecule has 0 amide bonds. The summed E-state index contributed by atoms with van der Waals surface area (Å²) in [5.41, 5.74) is 0.115. The van der Waals surface area contributed by atoms with Gasteiger partial charge in [-0.25, -0.2) is 0 Å². The van der Waals surface area contributed by atoms with Crippen LogP contribution in [0.5, 0.6) is 0 Å². The van der Waals surface area contributed by atoms with Crippen LogP contribution >= 0.6 is 25.4 Å². The monoisotopic (exact) mass is 246 g/mol. The third kappa shape index (κ3) is 4.60. The van der Waals surface area contributed by atoms with Crippen LogP contribution in [-0.2, 0) is 0 Å². The average molecular weight is 246 g/mol. The van der Waals surface area contributed by atoms with Crippen molar-refractivity contribution in [1.29, 1.82) is 0 Å². The van der Waals surface area contributed by atoms with Crippen LogP contribution in [0.15, 0.2) is 12.4 Å².